The number of anilines is 1. The average Bonchev–Trinajstić information content (AvgIpc) is 2.53. The van der Waals surface area contributed by atoms with E-state index >= 15 is 0 Å². The van der Waals surface area contributed by atoms with Gasteiger partial charge in [-0.1, -0.05) is 18.2 Å². The van der Waals surface area contributed by atoms with E-state index in [1.165, 1.54) is 6.07 Å². The first-order valence-corrected chi connectivity index (χ1v) is 7.05. The maximum Gasteiger partial charge on any atom is 0.146 e. The summed E-state index contributed by atoms with van der Waals surface area (Å²) in [5.74, 6) is 0.585. The fourth-order valence-corrected chi connectivity index (χ4v) is 2.39. The van der Waals surface area contributed by atoms with Crippen molar-refractivity contribution in [3.05, 3.63) is 59.4 Å². The Balaban J connectivity index is 2.25. The number of hydrogen-bond donors (Lipinski definition) is 1. The van der Waals surface area contributed by atoms with Crippen LogP contribution in [0.5, 0.6) is 5.75 Å². The molecule has 3 nitrogen and oxygen atoms in total. The van der Waals surface area contributed by atoms with E-state index < -0.39 is 0 Å². The summed E-state index contributed by atoms with van der Waals surface area (Å²) >= 11 is 0. The van der Waals surface area contributed by atoms with Gasteiger partial charge in [-0.3, -0.25) is 0 Å². The van der Waals surface area contributed by atoms with Crippen LogP contribution in [0.3, 0.4) is 0 Å². The SMILES string of the molecule is CCN(Cc1ccc(OC)c(CN)c1)c1ccccc1F. The Bertz CT molecular complexity index is 601. The molecule has 112 valence electrons. The van der Waals surface area contributed by atoms with Crippen LogP contribution in [0.1, 0.15) is 18.1 Å². The Hall–Kier alpha value is -2.07. The highest BCUT2D eigenvalue weighted by Gasteiger charge is 2.11. The van der Waals surface area contributed by atoms with E-state index in [-0.39, 0.29) is 5.82 Å². The quantitative estimate of drug-likeness (QED) is 0.886. The molecule has 21 heavy (non-hydrogen) atoms. The second-order valence-corrected chi connectivity index (χ2v) is 4.82. The highest BCUT2D eigenvalue weighted by molar-refractivity contribution is 5.48. The summed E-state index contributed by atoms with van der Waals surface area (Å²) in [6.45, 7) is 3.79. The zero-order valence-corrected chi connectivity index (χ0v) is 12.5. The Morgan fingerprint density at radius 1 is 1.19 bits per heavy atom. The number of rotatable bonds is 6. The molecule has 0 aliphatic heterocycles. The normalized spacial score (nSPS) is 10.5. The lowest BCUT2D eigenvalue weighted by Crippen LogP contribution is -2.23. The first-order chi connectivity index (χ1) is 10.2. The first-order valence-electron chi connectivity index (χ1n) is 7.05. The number of para-hydroxylation sites is 1. The molecule has 0 amide bonds. The fraction of sp³-hybridized carbons (Fsp3) is 0.294. The molecular weight excluding hydrogens is 267 g/mol. The monoisotopic (exact) mass is 288 g/mol. The predicted octanol–water partition coefficient (Wildman–Crippen LogP) is 3.32. The van der Waals surface area contributed by atoms with E-state index in [0.717, 1.165) is 23.4 Å². The van der Waals surface area contributed by atoms with Gasteiger partial charge in [0.2, 0.25) is 0 Å². The summed E-state index contributed by atoms with van der Waals surface area (Å²) in [5.41, 5.74) is 8.40. The van der Waals surface area contributed by atoms with Gasteiger partial charge in [0.25, 0.3) is 0 Å². The van der Waals surface area contributed by atoms with Crippen LogP contribution in [0.4, 0.5) is 10.1 Å². The summed E-state index contributed by atoms with van der Waals surface area (Å²) in [7, 11) is 1.63. The third-order valence-electron chi connectivity index (χ3n) is 3.51. The minimum absolute atomic E-state index is 0.202. The van der Waals surface area contributed by atoms with Crippen molar-refractivity contribution in [1.82, 2.24) is 0 Å². The summed E-state index contributed by atoms with van der Waals surface area (Å²) in [4.78, 5) is 2.00. The van der Waals surface area contributed by atoms with Gasteiger partial charge in [0.1, 0.15) is 11.6 Å². The number of nitrogens with two attached hydrogens (primary N) is 1. The van der Waals surface area contributed by atoms with Crippen LogP contribution < -0.4 is 15.4 Å². The molecule has 2 N–H and O–H groups in total. The van der Waals surface area contributed by atoms with E-state index in [2.05, 4.69) is 0 Å². The van der Waals surface area contributed by atoms with Gasteiger partial charge in [-0.05, 0) is 36.8 Å². The Labute approximate surface area is 125 Å². The molecule has 0 aliphatic carbocycles. The second kappa shape index (κ2) is 7.09. The molecule has 0 saturated carbocycles. The van der Waals surface area contributed by atoms with E-state index in [1.54, 1.807) is 19.2 Å². The van der Waals surface area contributed by atoms with E-state index in [9.17, 15) is 4.39 Å². The van der Waals surface area contributed by atoms with E-state index in [0.29, 0.717) is 18.8 Å². The third-order valence-corrected chi connectivity index (χ3v) is 3.51. The number of hydrogen-bond acceptors (Lipinski definition) is 3. The number of benzene rings is 2. The molecule has 0 saturated heterocycles. The summed E-state index contributed by atoms with van der Waals surface area (Å²) in [5, 5.41) is 0. The van der Waals surface area contributed by atoms with Crippen molar-refractivity contribution in [3.8, 4) is 5.75 Å². The molecular formula is C17H21FN2O. The molecule has 0 unspecified atom stereocenters. The first kappa shape index (κ1) is 15.3. The van der Waals surface area contributed by atoms with Gasteiger partial charge < -0.3 is 15.4 Å². The zero-order valence-electron chi connectivity index (χ0n) is 12.5. The Morgan fingerprint density at radius 2 is 1.95 bits per heavy atom. The molecule has 0 bridgehead atoms. The lowest BCUT2D eigenvalue weighted by Gasteiger charge is -2.24. The van der Waals surface area contributed by atoms with Crippen molar-refractivity contribution < 1.29 is 9.13 Å². The molecule has 2 rings (SSSR count). The number of halogens is 1. The van der Waals surface area contributed by atoms with Crippen molar-refractivity contribution in [3.63, 3.8) is 0 Å². The van der Waals surface area contributed by atoms with Gasteiger partial charge in [0.05, 0.1) is 12.8 Å². The standard InChI is InChI=1S/C17H21FN2O/c1-3-20(16-7-5-4-6-15(16)18)12-13-8-9-17(21-2)14(10-13)11-19/h4-10H,3,11-12,19H2,1-2H3. The minimum atomic E-state index is -0.202. The van der Waals surface area contributed by atoms with Gasteiger partial charge in [-0.15, -0.1) is 0 Å². The van der Waals surface area contributed by atoms with E-state index in [1.807, 2.05) is 36.1 Å². The third kappa shape index (κ3) is 3.52. The molecule has 4 heteroatoms. The van der Waals surface area contributed by atoms with Crippen molar-refractivity contribution >= 4 is 5.69 Å². The van der Waals surface area contributed by atoms with Gasteiger partial charge in [-0.2, -0.15) is 0 Å². The topological polar surface area (TPSA) is 38.5 Å². The van der Waals surface area contributed by atoms with Crippen LogP contribution in [-0.2, 0) is 13.1 Å². The molecule has 0 heterocycles. The lowest BCUT2D eigenvalue weighted by atomic mass is 10.1. The van der Waals surface area contributed by atoms with Gasteiger partial charge in [0, 0.05) is 25.2 Å². The largest absolute Gasteiger partial charge is 0.496 e. The molecule has 2 aromatic carbocycles. The predicted molar refractivity (Wildman–Crippen MR) is 84.0 cm³/mol. The maximum atomic E-state index is 13.9. The van der Waals surface area contributed by atoms with Crippen LogP contribution in [0.2, 0.25) is 0 Å². The molecule has 0 atom stereocenters. The van der Waals surface area contributed by atoms with Crippen LogP contribution in [0.15, 0.2) is 42.5 Å². The minimum Gasteiger partial charge on any atom is -0.496 e. The number of ether oxygens (including phenoxy) is 1. The van der Waals surface area contributed by atoms with E-state index in [4.69, 9.17) is 10.5 Å². The average molecular weight is 288 g/mol. The molecule has 0 spiro atoms. The number of methoxy groups -OCH3 is 1. The molecule has 2 aromatic rings. The summed E-state index contributed by atoms with van der Waals surface area (Å²) in [6.07, 6.45) is 0. The maximum absolute atomic E-state index is 13.9. The highest BCUT2D eigenvalue weighted by Crippen LogP contribution is 2.24. The van der Waals surface area contributed by atoms with Crippen molar-refractivity contribution in [1.29, 1.82) is 0 Å². The van der Waals surface area contributed by atoms with Gasteiger partial charge in [-0.25, -0.2) is 4.39 Å². The summed E-state index contributed by atoms with van der Waals surface area (Å²) < 4.78 is 19.2. The fourth-order valence-electron chi connectivity index (χ4n) is 2.39. The Kier molecular flexibility index (Phi) is 5.17. The van der Waals surface area contributed by atoms with Crippen molar-refractivity contribution in [2.24, 2.45) is 5.73 Å². The van der Waals surface area contributed by atoms with Crippen molar-refractivity contribution in [2.75, 3.05) is 18.6 Å². The number of nitrogens with zero attached hydrogens (tertiary/aromatic N) is 1. The smallest absolute Gasteiger partial charge is 0.146 e. The molecule has 0 aliphatic rings. The van der Waals surface area contributed by atoms with Crippen molar-refractivity contribution in [2.45, 2.75) is 20.0 Å². The highest BCUT2D eigenvalue weighted by atomic mass is 19.1. The molecule has 0 radical (unpaired) electrons. The van der Waals surface area contributed by atoms with Crippen LogP contribution >= 0.6 is 0 Å². The molecule has 0 fully saturated rings. The van der Waals surface area contributed by atoms with Gasteiger partial charge in [0.15, 0.2) is 0 Å². The van der Waals surface area contributed by atoms with Crippen LogP contribution in [0, 0.1) is 5.82 Å². The Morgan fingerprint density at radius 3 is 2.57 bits per heavy atom. The summed E-state index contributed by atoms with van der Waals surface area (Å²) in [6, 6.07) is 12.7. The van der Waals surface area contributed by atoms with Crippen LogP contribution in [0.25, 0.3) is 0 Å². The second-order valence-electron chi connectivity index (χ2n) is 4.82. The van der Waals surface area contributed by atoms with Gasteiger partial charge >= 0.3 is 0 Å². The molecule has 0 aromatic heterocycles. The zero-order chi connectivity index (χ0) is 15.2. The lowest BCUT2D eigenvalue weighted by molar-refractivity contribution is 0.409. The van der Waals surface area contributed by atoms with Crippen LogP contribution in [-0.4, -0.2) is 13.7 Å².